The topological polar surface area (TPSA) is 38.8 Å². The van der Waals surface area contributed by atoms with Crippen LogP contribution in [0, 0.1) is 0 Å². The third-order valence-corrected chi connectivity index (χ3v) is 1.78. The first-order valence-corrected chi connectivity index (χ1v) is 3.89. The second kappa shape index (κ2) is 2.94. The molecule has 0 aromatic heterocycles. The Balaban J connectivity index is 2.40. The predicted octanol–water partition coefficient (Wildman–Crippen LogP) is 1.56. The first-order chi connectivity index (χ1) is 6.33. The third-order valence-electron chi connectivity index (χ3n) is 1.78. The first-order valence-electron chi connectivity index (χ1n) is 3.89. The lowest BCUT2D eigenvalue weighted by Crippen LogP contribution is -1.87. The van der Waals surface area contributed by atoms with E-state index in [2.05, 4.69) is 4.74 Å². The summed E-state index contributed by atoms with van der Waals surface area (Å²) < 4.78 is 9.70. The van der Waals surface area contributed by atoms with E-state index in [1.54, 1.807) is 0 Å². The Bertz CT molecular complexity index is 365. The Kier molecular flexibility index (Phi) is 1.77. The van der Waals surface area contributed by atoms with Crippen LogP contribution >= 0.6 is 0 Å². The van der Waals surface area contributed by atoms with E-state index in [4.69, 9.17) is 4.74 Å². The minimum Gasteiger partial charge on any atom is -0.492 e. The summed E-state index contributed by atoms with van der Waals surface area (Å²) in [7, 11) is 1.52. The van der Waals surface area contributed by atoms with Gasteiger partial charge in [-0.2, -0.15) is 0 Å². The van der Waals surface area contributed by atoms with Gasteiger partial charge in [-0.05, 0) is 0 Å². The molecule has 1 aliphatic heterocycles. The van der Waals surface area contributed by atoms with Crippen LogP contribution in [0.25, 0.3) is 5.76 Å². The van der Waals surface area contributed by atoms with E-state index >= 15 is 0 Å². The summed E-state index contributed by atoms with van der Waals surface area (Å²) in [6.07, 6.45) is 0. The van der Waals surface area contributed by atoms with Crippen LogP contribution in [0.1, 0.15) is 5.56 Å². The highest BCUT2D eigenvalue weighted by molar-refractivity contribution is 6.06. The fourth-order valence-corrected chi connectivity index (χ4v) is 1.14. The second-order valence-electron chi connectivity index (χ2n) is 2.62. The van der Waals surface area contributed by atoms with E-state index in [0.717, 1.165) is 5.56 Å². The number of ether oxygens (including phenoxy) is 2. The minimum absolute atomic E-state index is 0.305. The number of methoxy groups -OCH3 is 1. The van der Waals surface area contributed by atoms with Crippen molar-refractivity contribution < 1.29 is 14.3 Å². The Morgan fingerprint density at radius 1 is 1.31 bits per heavy atom. The normalized spacial score (nSPS) is 17.8. The maximum Gasteiger partial charge on any atom is 0.384 e. The highest BCUT2D eigenvalue weighted by Gasteiger charge is 2.36. The molecule has 0 amide bonds. The van der Waals surface area contributed by atoms with Crippen molar-refractivity contribution in [2.45, 2.75) is 0 Å². The van der Waals surface area contributed by atoms with Crippen LogP contribution in [0.15, 0.2) is 36.1 Å². The van der Waals surface area contributed by atoms with Gasteiger partial charge in [0.05, 0.1) is 7.11 Å². The summed E-state index contributed by atoms with van der Waals surface area (Å²) in [6, 6.07) is 9.38. The zero-order chi connectivity index (χ0) is 9.26. The maximum absolute atomic E-state index is 10.7. The van der Waals surface area contributed by atoms with Crippen molar-refractivity contribution in [1.82, 2.24) is 0 Å². The third kappa shape index (κ3) is 1.40. The van der Waals surface area contributed by atoms with Crippen LogP contribution in [0.5, 0.6) is 0 Å². The lowest BCUT2D eigenvalue weighted by molar-refractivity contribution is -0.117. The predicted molar refractivity (Wildman–Crippen MR) is 46.5 cm³/mol. The number of carbonyl (C=O) groups excluding carboxylic acids is 1. The molecule has 0 atom stereocenters. The number of epoxide rings is 1. The standard InChI is InChI=1S/C10H8O3/c1-12-8(9-10(11)13-9)7-5-3-2-4-6-7/h2-6H,1H3. The molecular weight excluding hydrogens is 168 g/mol. The van der Waals surface area contributed by atoms with Crippen molar-refractivity contribution in [2.75, 3.05) is 7.11 Å². The molecule has 0 bridgehead atoms. The molecule has 0 aliphatic carbocycles. The second-order valence-corrected chi connectivity index (χ2v) is 2.62. The number of benzene rings is 1. The molecule has 0 unspecified atom stereocenters. The first kappa shape index (κ1) is 7.86. The van der Waals surface area contributed by atoms with Crippen LogP contribution in [-0.2, 0) is 14.3 Å². The van der Waals surface area contributed by atoms with Crippen molar-refractivity contribution in [3.05, 3.63) is 41.7 Å². The molecule has 1 aliphatic rings. The number of carbonyl (C=O) groups is 1. The molecule has 1 aromatic carbocycles. The minimum atomic E-state index is -0.305. The van der Waals surface area contributed by atoms with Crippen LogP contribution in [0.4, 0.5) is 0 Å². The van der Waals surface area contributed by atoms with Crippen molar-refractivity contribution in [1.29, 1.82) is 0 Å². The summed E-state index contributed by atoms with van der Waals surface area (Å²) in [6.45, 7) is 0. The molecule has 0 N–H and O–H groups in total. The molecule has 3 heteroatoms. The van der Waals surface area contributed by atoms with Gasteiger partial charge in [0.25, 0.3) is 5.76 Å². The molecule has 1 fully saturated rings. The molecule has 0 radical (unpaired) electrons. The molecular formula is C10H8O3. The van der Waals surface area contributed by atoms with Gasteiger partial charge in [-0.25, -0.2) is 4.79 Å². The number of rotatable bonds is 2. The van der Waals surface area contributed by atoms with Gasteiger partial charge < -0.3 is 9.47 Å². The fraction of sp³-hybridized carbons (Fsp3) is 0.100. The van der Waals surface area contributed by atoms with Crippen molar-refractivity contribution in [2.24, 2.45) is 0 Å². The van der Waals surface area contributed by atoms with Gasteiger partial charge in [0.15, 0.2) is 5.76 Å². The van der Waals surface area contributed by atoms with Gasteiger partial charge in [-0.15, -0.1) is 0 Å². The molecule has 2 rings (SSSR count). The van der Waals surface area contributed by atoms with Crippen molar-refractivity contribution in [3.63, 3.8) is 0 Å². The zero-order valence-electron chi connectivity index (χ0n) is 7.11. The summed E-state index contributed by atoms with van der Waals surface area (Å²) in [5.41, 5.74) is 0.853. The Hall–Kier alpha value is -1.77. The van der Waals surface area contributed by atoms with E-state index < -0.39 is 0 Å². The van der Waals surface area contributed by atoms with E-state index in [-0.39, 0.29) is 5.97 Å². The highest BCUT2D eigenvalue weighted by atomic mass is 16.6. The Morgan fingerprint density at radius 2 is 1.92 bits per heavy atom. The van der Waals surface area contributed by atoms with Gasteiger partial charge in [-0.1, -0.05) is 30.3 Å². The van der Waals surface area contributed by atoms with E-state index in [0.29, 0.717) is 11.5 Å². The monoisotopic (exact) mass is 176 g/mol. The van der Waals surface area contributed by atoms with Crippen molar-refractivity contribution in [3.8, 4) is 0 Å². The fourth-order valence-electron chi connectivity index (χ4n) is 1.14. The van der Waals surface area contributed by atoms with E-state index in [1.165, 1.54) is 7.11 Å². The SMILES string of the molecule is COC(=C1OC1=O)c1ccccc1. The van der Waals surface area contributed by atoms with Gasteiger partial charge in [0.1, 0.15) is 0 Å². The summed E-state index contributed by atoms with van der Waals surface area (Å²) in [5, 5.41) is 0. The van der Waals surface area contributed by atoms with Gasteiger partial charge >= 0.3 is 5.97 Å². The molecule has 13 heavy (non-hydrogen) atoms. The summed E-state index contributed by atoms with van der Waals surface area (Å²) >= 11 is 0. The smallest absolute Gasteiger partial charge is 0.384 e. The zero-order valence-corrected chi connectivity index (χ0v) is 7.11. The van der Waals surface area contributed by atoms with Crippen LogP contribution in [0.3, 0.4) is 0 Å². The molecule has 0 spiro atoms. The van der Waals surface area contributed by atoms with Crippen molar-refractivity contribution >= 4 is 11.7 Å². The molecule has 1 aromatic rings. The lowest BCUT2D eigenvalue weighted by Gasteiger charge is -2.01. The number of hydrogen-bond donors (Lipinski definition) is 0. The average molecular weight is 176 g/mol. The van der Waals surface area contributed by atoms with E-state index in [1.807, 2.05) is 30.3 Å². The lowest BCUT2D eigenvalue weighted by atomic mass is 10.2. The van der Waals surface area contributed by atoms with Gasteiger partial charge in [0.2, 0.25) is 0 Å². The molecule has 0 saturated carbocycles. The molecule has 1 heterocycles. The van der Waals surface area contributed by atoms with E-state index in [9.17, 15) is 4.79 Å². The van der Waals surface area contributed by atoms with Crippen LogP contribution in [-0.4, -0.2) is 13.1 Å². The summed E-state index contributed by atoms with van der Waals surface area (Å²) in [4.78, 5) is 10.7. The Labute approximate surface area is 75.6 Å². The highest BCUT2D eigenvalue weighted by Crippen LogP contribution is 2.29. The molecule has 66 valence electrons. The quantitative estimate of drug-likeness (QED) is 0.390. The average Bonchev–Trinajstić information content (AvgIpc) is 2.86. The van der Waals surface area contributed by atoms with Gasteiger partial charge in [-0.3, -0.25) is 0 Å². The van der Waals surface area contributed by atoms with Crippen LogP contribution < -0.4 is 0 Å². The molecule has 1 saturated heterocycles. The number of hydrogen-bond acceptors (Lipinski definition) is 3. The largest absolute Gasteiger partial charge is 0.492 e. The van der Waals surface area contributed by atoms with Gasteiger partial charge in [0, 0.05) is 5.56 Å². The Morgan fingerprint density at radius 3 is 2.38 bits per heavy atom. The van der Waals surface area contributed by atoms with Crippen LogP contribution in [0.2, 0.25) is 0 Å². The maximum atomic E-state index is 10.7. The summed E-state index contributed by atoms with van der Waals surface area (Å²) in [5.74, 6) is 0.514. The number of cyclic esters (lactones) is 1. The molecule has 3 nitrogen and oxygen atoms in total.